The lowest BCUT2D eigenvalue weighted by Gasteiger charge is -2.23. The van der Waals surface area contributed by atoms with Gasteiger partial charge >= 0.3 is 5.97 Å². The van der Waals surface area contributed by atoms with Gasteiger partial charge in [0.25, 0.3) is 0 Å². The first-order chi connectivity index (χ1) is 13.6. The standard InChI is InChI=1S/C11H21N3O3.C9H12O2/c1-2-16-11(15)9(14-13)10(12)17-8-6-4-3-5-7-8;10-7-4-8-11-9-5-2-1-3-6-9/h8,14H,2-7,12-13H2,1H3;1-3,5-6,10H,4,7-8H2/b10-9+;. The maximum absolute atomic E-state index is 11.5. The van der Waals surface area contributed by atoms with Crippen molar-refractivity contribution >= 4 is 5.97 Å². The van der Waals surface area contributed by atoms with Crippen molar-refractivity contribution in [3.8, 4) is 5.75 Å². The zero-order valence-electron chi connectivity index (χ0n) is 16.6. The Hall–Kier alpha value is -2.45. The van der Waals surface area contributed by atoms with Gasteiger partial charge < -0.3 is 30.5 Å². The van der Waals surface area contributed by atoms with E-state index in [1.807, 2.05) is 30.3 Å². The second-order valence-corrected chi connectivity index (χ2v) is 6.22. The van der Waals surface area contributed by atoms with E-state index in [-0.39, 0.29) is 30.9 Å². The monoisotopic (exact) mass is 395 g/mol. The van der Waals surface area contributed by atoms with Gasteiger partial charge in [-0.3, -0.25) is 5.84 Å². The fourth-order valence-electron chi connectivity index (χ4n) is 2.63. The van der Waals surface area contributed by atoms with Crippen LogP contribution in [0.4, 0.5) is 0 Å². The van der Waals surface area contributed by atoms with Crippen molar-refractivity contribution in [2.24, 2.45) is 11.6 Å². The summed E-state index contributed by atoms with van der Waals surface area (Å²) in [6.45, 7) is 2.75. The molecule has 28 heavy (non-hydrogen) atoms. The molecule has 6 N–H and O–H groups in total. The Labute approximate surface area is 166 Å². The van der Waals surface area contributed by atoms with E-state index >= 15 is 0 Å². The van der Waals surface area contributed by atoms with E-state index < -0.39 is 5.97 Å². The van der Waals surface area contributed by atoms with Gasteiger partial charge in [-0.05, 0) is 44.7 Å². The molecule has 0 atom stereocenters. The highest BCUT2D eigenvalue weighted by molar-refractivity contribution is 5.88. The molecule has 0 aromatic heterocycles. The molecular weight excluding hydrogens is 362 g/mol. The fourth-order valence-corrected chi connectivity index (χ4v) is 2.63. The average Bonchev–Trinajstić information content (AvgIpc) is 2.71. The summed E-state index contributed by atoms with van der Waals surface area (Å²) in [5.41, 5.74) is 7.92. The van der Waals surface area contributed by atoms with Crippen LogP contribution >= 0.6 is 0 Å². The first kappa shape index (κ1) is 23.6. The quantitative estimate of drug-likeness (QED) is 0.125. The summed E-state index contributed by atoms with van der Waals surface area (Å²) < 4.78 is 15.6. The molecule has 2 rings (SSSR count). The molecule has 1 fully saturated rings. The van der Waals surface area contributed by atoms with Crippen LogP contribution in [0.5, 0.6) is 5.75 Å². The summed E-state index contributed by atoms with van der Waals surface area (Å²) in [6.07, 6.45) is 6.16. The number of esters is 1. The van der Waals surface area contributed by atoms with Crippen molar-refractivity contribution in [1.29, 1.82) is 0 Å². The third kappa shape index (κ3) is 9.48. The zero-order chi connectivity index (χ0) is 20.6. The number of benzene rings is 1. The van der Waals surface area contributed by atoms with E-state index in [0.717, 1.165) is 31.4 Å². The molecule has 0 aliphatic heterocycles. The van der Waals surface area contributed by atoms with Crippen molar-refractivity contribution < 1.29 is 24.1 Å². The number of hydrogen-bond donors (Lipinski definition) is 4. The number of nitrogens with two attached hydrogens (primary N) is 2. The number of hydrazine groups is 1. The Morgan fingerprint density at radius 1 is 1.21 bits per heavy atom. The van der Waals surface area contributed by atoms with Crippen LogP contribution in [0.15, 0.2) is 41.9 Å². The van der Waals surface area contributed by atoms with Gasteiger partial charge in [-0.25, -0.2) is 4.79 Å². The third-order valence-corrected chi connectivity index (χ3v) is 4.03. The molecule has 0 spiro atoms. The molecule has 0 heterocycles. The minimum atomic E-state index is -0.594. The molecule has 1 aliphatic carbocycles. The normalized spacial score (nSPS) is 14.8. The number of nitrogens with one attached hydrogen (secondary N) is 1. The summed E-state index contributed by atoms with van der Waals surface area (Å²) in [4.78, 5) is 11.5. The maximum Gasteiger partial charge on any atom is 0.361 e. The molecule has 0 saturated heterocycles. The van der Waals surface area contributed by atoms with Crippen LogP contribution in [0.25, 0.3) is 0 Å². The van der Waals surface area contributed by atoms with Crippen LogP contribution in [-0.4, -0.2) is 37.0 Å². The van der Waals surface area contributed by atoms with Crippen molar-refractivity contribution in [1.82, 2.24) is 5.43 Å². The summed E-state index contributed by atoms with van der Waals surface area (Å²) in [5.74, 6) is 5.52. The zero-order valence-corrected chi connectivity index (χ0v) is 16.6. The molecule has 8 heteroatoms. The van der Waals surface area contributed by atoms with Crippen molar-refractivity contribution in [3.63, 3.8) is 0 Å². The maximum atomic E-state index is 11.5. The van der Waals surface area contributed by atoms with Crippen LogP contribution in [0.3, 0.4) is 0 Å². The molecule has 1 aromatic carbocycles. The summed E-state index contributed by atoms with van der Waals surface area (Å²) in [7, 11) is 0. The Bertz CT molecular complexity index is 574. The molecule has 0 unspecified atom stereocenters. The molecule has 0 bridgehead atoms. The van der Waals surface area contributed by atoms with Crippen molar-refractivity contribution in [2.75, 3.05) is 19.8 Å². The van der Waals surface area contributed by atoms with E-state index in [9.17, 15) is 4.79 Å². The van der Waals surface area contributed by atoms with E-state index in [1.54, 1.807) is 6.92 Å². The molecule has 1 aromatic rings. The van der Waals surface area contributed by atoms with Crippen LogP contribution in [-0.2, 0) is 14.3 Å². The summed E-state index contributed by atoms with van der Waals surface area (Å²) in [5, 5.41) is 8.46. The van der Waals surface area contributed by atoms with E-state index in [2.05, 4.69) is 5.43 Å². The molecule has 0 amide bonds. The highest BCUT2D eigenvalue weighted by atomic mass is 16.5. The van der Waals surface area contributed by atoms with Gasteiger partial charge in [0.2, 0.25) is 5.88 Å². The average molecular weight is 396 g/mol. The molecular formula is C20H33N3O5. The highest BCUT2D eigenvalue weighted by Crippen LogP contribution is 2.21. The lowest BCUT2D eigenvalue weighted by molar-refractivity contribution is -0.139. The van der Waals surface area contributed by atoms with E-state index in [1.165, 1.54) is 6.42 Å². The first-order valence-electron chi connectivity index (χ1n) is 9.71. The topological polar surface area (TPSA) is 129 Å². The number of hydrogen-bond acceptors (Lipinski definition) is 8. The Morgan fingerprint density at radius 3 is 2.46 bits per heavy atom. The van der Waals surface area contributed by atoms with E-state index in [4.69, 9.17) is 30.9 Å². The first-order valence-corrected chi connectivity index (χ1v) is 9.71. The van der Waals surface area contributed by atoms with Gasteiger partial charge in [0, 0.05) is 13.0 Å². The third-order valence-electron chi connectivity index (χ3n) is 4.03. The number of carbonyl (C=O) groups excluding carboxylic acids is 1. The van der Waals surface area contributed by atoms with Gasteiger partial charge in [-0.15, -0.1) is 0 Å². The number of ether oxygens (including phenoxy) is 3. The predicted octanol–water partition coefficient (Wildman–Crippen LogP) is 1.94. The van der Waals surface area contributed by atoms with Crippen LogP contribution in [0.2, 0.25) is 0 Å². The van der Waals surface area contributed by atoms with Gasteiger partial charge in [0.1, 0.15) is 11.9 Å². The smallest absolute Gasteiger partial charge is 0.361 e. The largest absolute Gasteiger partial charge is 0.494 e. The summed E-state index contributed by atoms with van der Waals surface area (Å²) >= 11 is 0. The Kier molecular flexibility index (Phi) is 12.3. The number of aliphatic hydroxyl groups is 1. The van der Waals surface area contributed by atoms with Crippen LogP contribution in [0.1, 0.15) is 45.4 Å². The molecule has 1 saturated carbocycles. The van der Waals surface area contributed by atoms with Gasteiger partial charge in [-0.2, -0.15) is 0 Å². The number of rotatable bonds is 9. The number of para-hydroxylation sites is 1. The molecule has 0 radical (unpaired) electrons. The SMILES string of the molecule is CCOC(=O)/C(NN)=C(/N)OC1CCCCC1.OCCCOc1ccccc1. The second-order valence-electron chi connectivity index (χ2n) is 6.22. The Morgan fingerprint density at radius 2 is 1.89 bits per heavy atom. The number of aliphatic hydroxyl groups excluding tert-OH is 1. The lowest BCUT2D eigenvalue weighted by Crippen LogP contribution is -2.33. The highest BCUT2D eigenvalue weighted by Gasteiger charge is 2.20. The van der Waals surface area contributed by atoms with Gasteiger partial charge in [-0.1, -0.05) is 24.6 Å². The summed E-state index contributed by atoms with van der Waals surface area (Å²) in [6, 6.07) is 9.59. The minimum Gasteiger partial charge on any atom is -0.494 e. The molecule has 158 valence electrons. The number of carbonyl (C=O) groups is 1. The van der Waals surface area contributed by atoms with Crippen molar-refractivity contribution in [3.05, 3.63) is 41.9 Å². The van der Waals surface area contributed by atoms with Gasteiger partial charge in [0.15, 0.2) is 5.70 Å². The lowest BCUT2D eigenvalue weighted by atomic mass is 9.98. The van der Waals surface area contributed by atoms with Gasteiger partial charge in [0.05, 0.1) is 13.2 Å². The minimum absolute atomic E-state index is 0.0119. The predicted molar refractivity (Wildman–Crippen MR) is 107 cm³/mol. The van der Waals surface area contributed by atoms with E-state index in [0.29, 0.717) is 13.0 Å². The van der Waals surface area contributed by atoms with Crippen LogP contribution in [0, 0.1) is 0 Å². The van der Waals surface area contributed by atoms with Crippen molar-refractivity contribution in [2.45, 2.75) is 51.6 Å². The van der Waals surface area contributed by atoms with Crippen LogP contribution < -0.4 is 21.7 Å². The fraction of sp³-hybridized carbons (Fsp3) is 0.550. The molecule has 8 nitrogen and oxygen atoms in total. The Balaban J connectivity index is 0.000000307. The second kappa shape index (κ2) is 14.6. The molecule has 1 aliphatic rings.